The maximum Gasteiger partial charge on any atom is 0.158 e. The van der Waals surface area contributed by atoms with Gasteiger partial charge >= 0.3 is 0 Å². The number of hydrogen-bond acceptors (Lipinski definition) is 6. The summed E-state index contributed by atoms with van der Waals surface area (Å²) in [4.78, 5) is 13.6. The van der Waals surface area contributed by atoms with Crippen molar-refractivity contribution in [2.24, 2.45) is 0 Å². The highest BCUT2D eigenvalue weighted by atomic mass is 16.5. The number of aromatic nitrogens is 2. The molecule has 0 bridgehead atoms. The molecular weight excluding hydrogens is 266 g/mol. The molecule has 0 radical (unpaired) electrons. The van der Waals surface area contributed by atoms with Crippen LogP contribution in [0.4, 0.5) is 11.6 Å². The molecule has 1 unspecified atom stereocenters. The number of ether oxygens (including phenoxy) is 1. The normalized spacial score (nSPS) is 12.5. The lowest BCUT2D eigenvalue weighted by atomic mass is 10.2. The number of rotatable bonds is 9. The fourth-order valence-corrected chi connectivity index (χ4v) is 2.34. The highest BCUT2D eigenvalue weighted by Gasteiger charge is 2.16. The quantitative estimate of drug-likeness (QED) is 0.750. The maximum atomic E-state index is 5.43. The molecule has 0 amide bonds. The van der Waals surface area contributed by atoms with Crippen molar-refractivity contribution < 1.29 is 4.74 Å². The summed E-state index contributed by atoms with van der Waals surface area (Å²) in [5.41, 5.74) is 0. The first-order chi connectivity index (χ1) is 10.0. The van der Waals surface area contributed by atoms with Gasteiger partial charge in [-0.2, -0.15) is 0 Å². The summed E-state index contributed by atoms with van der Waals surface area (Å²) in [6, 6.07) is 2.37. The first-order valence-electron chi connectivity index (χ1n) is 7.56. The van der Waals surface area contributed by atoms with Crippen LogP contribution in [0.1, 0.15) is 26.6 Å². The highest BCUT2D eigenvalue weighted by Crippen LogP contribution is 2.18. The highest BCUT2D eigenvalue weighted by molar-refractivity contribution is 5.49. The number of hydrogen-bond donors (Lipinski definition) is 1. The molecule has 0 aliphatic carbocycles. The molecule has 1 atom stereocenters. The second kappa shape index (κ2) is 8.79. The average molecular weight is 295 g/mol. The van der Waals surface area contributed by atoms with Crippen molar-refractivity contribution in [2.75, 3.05) is 51.1 Å². The number of anilines is 2. The van der Waals surface area contributed by atoms with E-state index in [0.717, 1.165) is 24.7 Å². The zero-order valence-electron chi connectivity index (χ0n) is 14.2. The Morgan fingerprint density at radius 2 is 2.00 bits per heavy atom. The Balaban J connectivity index is 3.01. The van der Waals surface area contributed by atoms with Crippen LogP contribution in [-0.4, -0.2) is 61.7 Å². The SMILES string of the molecule is CCOCc1nc(NC)cc(N(CC)C(C)CN(C)C)n1. The molecule has 1 rings (SSSR count). The lowest BCUT2D eigenvalue weighted by Crippen LogP contribution is -2.40. The van der Waals surface area contributed by atoms with E-state index < -0.39 is 0 Å². The van der Waals surface area contributed by atoms with E-state index in [0.29, 0.717) is 25.1 Å². The second-order valence-corrected chi connectivity index (χ2v) is 5.31. The summed E-state index contributed by atoms with van der Waals surface area (Å²) in [5.74, 6) is 2.49. The summed E-state index contributed by atoms with van der Waals surface area (Å²) in [6.07, 6.45) is 0. The molecule has 6 heteroatoms. The van der Waals surface area contributed by atoms with Gasteiger partial charge in [-0.25, -0.2) is 9.97 Å². The van der Waals surface area contributed by atoms with E-state index in [1.807, 2.05) is 20.0 Å². The minimum atomic E-state index is 0.379. The van der Waals surface area contributed by atoms with Crippen molar-refractivity contribution in [1.29, 1.82) is 0 Å². The fraction of sp³-hybridized carbons (Fsp3) is 0.733. The maximum absolute atomic E-state index is 5.43. The third-order valence-electron chi connectivity index (χ3n) is 3.25. The monoisotopic (exact) mass is 295 g/mol. The Morgan fingerprint density at radius 1 is 1.29 bits per heavy atom. The standard InChI is InChI=1S/C15H29N5O/c1-7-20(12(3)10-19(5)6)15-9-13(16-4)17-14(18-15)11-21-8-2/h9,12H,7-8,10-11H2,1-6H3,(H,16,17,18). The molecule has 120 valence electrons. The van der Waals surface area contributed by atoms with Gasteiger partial charge in [0.15, 0.2) is 5.82 Å². The summed E-state index contributed by atoms with van der Waals surface area (Å²) in [6.45, 7) is 9.33. The molecule has 1 heterocycles. The van der Waals surface area contributed by atoms with Crippen LogP contribution in [0, 0.1) is 0 Å². The van der Waals surface area contributed by atoms with Crippen LogP contribution in [0.3, 0.4) is 0 Å². The molecule has 1 aromatic rings. The van der Waals surface area contributed by atoms with E-state index in [9.17, 15) is 0 Å². The van der Waals surface area contributed by atoms with Crippen molar-refractivity contribution in [3.63, 3.8) is 0 Å². The number of likely N-dealkylation sites (N-methyl/N-ethyl adjacent to an activating group) is 2. The van der Waals surface area contributed by atoms with Gasteiger partial charge in [0.2, 0.25) is 0 Å². The average Bonchev–Trinajstić information content (AvgIpc) is 2.44. The Morgan fingerprint density at radius 3 is 2.52 bits per heavy atom. The molecular formula is C15H29N5O. The van der Waals surface area contributed by atoms with Gasteiger partial charge in [0.05, 0.1) is 0 Å². The van der Waals surface area contributed by atoms with Crippen LogP contribution in [0.15, 0.2) is 6.07 Å². The van der Waals surface area contributed by atoms with Crippen molar-refractivity contribution >= 4 is 11.6 Å². The number of nitrogens with zero attached hydrogens (tertiary/aromatic N) is 4. The topological polar surface area (TPSA) is 53.5 Å². The molecule has 1 N–H and O–H groups in total. The third kappa shape index (κ3) is 5.47. The predicted molar refractivity (Wildman–Crippen MR) is 87.9 cm³/mol. The van der Waals surface area contributed by atoms with Gasteiger partial charge < -0.3 is 19.9 Å². The molecule has 0 spiro atoms. The van der Waals surface area contributed by atoms with E-state index in [2.05, 4.69) is 53.0 Å². The lowest BCUT2D eigenvalue weighted by molar-refractivity contribution is 0.128. The van der Waals surface area contributed by atoms with Gasteiger partial charge in [-0.1, -0.05) is 0 Å². The molecule has 21 heavy (non-hydrogen) atoms. The Hall–Kier alpha value is -1.40. The van der Waals surface area contributed by atoms with Crippen molar-refractivity contribution in [3.8, 4) is 0 Å². The van der Waals surface area contributed by atoms with Crippen molar-refractivity contribution in [3.05, 3.63) is 11.9 Å². The van der Waals surface area contributed by atoms with E-state index in [1.165, 1.54) is 0 Å². The number of nitrogens with one attached hydrogen (secondary N) is 1. The van der Waals surface area contributed by atoms with Gasteiger partial charge in [-0.15, -0.1) is 0 Å². The third-order valence-corrected chi connectivity index (χ3v) is 3.25. The largest absolute Gasteiger partial charge is 0.374 e. The van der Waals surface area contributed by atoms with Gasteiger partial charge in [-0.05, 0) is 34.9 Å². The lowest BCUT2D eigenvalue weighted by Gasteiger charge is -2.31. The van der Waals surface area contributed by atoms with Crippen LogP contribution in [0.2, 0.25) is 0 Å². The molecule has 0 saturated carbocycles. The Kier molecular flexibility index (Phi) is 7.39. The predicted octanol–water partition coefficient (Wildman–Crippen LogP) is 1.83. The van der Waals surface area contributed by atoms with E-state index in [-0.39, 0.29) is 0 Å². The van der Waals surface area contributed by atoms with Crippen molar-refractivity contribution in [1.82, 2.24) is 14.9 Å². The molecule has 1 aromatic heterocycles. The first-order valence-corrected chi connectivity index (χ1v) is 7.56. The fourth-order valence-electron chi connectivity index (χ4n) is 2.34. The van der Waals surface area contributed by atoms with Gasteiger partial charge in [-0.3, -0.25) is 0 Å². The molecule has 0 saturated heterocycles. The van der Waals surface area contributed by atoms with Crippen LogP contribution >= 0.6 is 0 Å². The summed E-state index contributed by atoms with van der Waals surface area (Å²) in [5, 5.41) is 3.10. The van der Waals surface area contributed by atoms with Crippen LogP contribution < -0.4 is 10.2 Å². The minimum Gasteiger partial charge on any atom is -0.374 e. The molecule has 0 fully saturated rings. The second-order valence-electron chi connectivity index (χ2n) is 5.31. The van der Waals surface area contributed by atoms with Crippen LogP contribution in [-0.2, 0) is 11.3 Å². The molecule has 0 aliphatic heterocycles. The zero-order valence-corrected chi connectivity index (χ0v) is 14.2. The van der Waals surface area contributed by atoms with Gasteiger partial charge in [0.25, 0.3) is 0 Å². The first kappa shape index (κ1) is 17.7. The van der Waals surface area contributed by atoms with E-state index >= 15 is 0 Å². The molecule has 6 nitrogen and oxygen atoms in total. The van der Waals surface area contributed by atoms with Crippen LogP contribution in [0.5, 0.6) is 0 Å². The Labute approximate surface area is 128 Å². The molecule has 0 aliphatic rings. The molecule has 0 aromatic carbocycles. The van der Waals surface area contributed by atoms with Gasteiger partial charge in [0, 0.05) is 38.9 Å². The van der Waals surface area contributed by atoms with Gasteiger partial charge in [0.1, 0.15) is 18.2 Å². The summed E-state index contributed by atoms with van der Waals surface area (Å²) >= 11 is 0. The minimum absolute atomic E-state index is 0.379. The zero-order chi connectivity index (χ0) is 15.8. The van der Waals surface area contributed by atoms with E-state index in [1.54, 1.807) is 0 Å². The smallest absolute Gasteiger partial charge is 0.158 e. The summed E-state index contributed by atoms with van der Waals surface area (Å²) < 4.78 is 5.43. The Bertz CT molecular complexity index is 425. The van der Waals surface area contributed by atoms with Crippen LogP contribution in [0.25, 0.3) is 0 Å². The summed E-state index contributed by atoms with van der Waals surface area (Å²) in [7, 11) is 6.05. The van der Waals surface area contributed by atoms with E-state index in [4.69, 9.17) is 4.74 Å². The van der Waals surface area contributed by atoms with Crippen molar-refractivity contribution in [2.45, 2.75) is 33.4 Å².